The number of aliphatic carboxylic acids is 2. The van der Waals surface area contributed by atoms with Gasteiger partial charge in [-0.25, -0.2) is 9.59 Å². The fraction of sp³-hybridized carbons (Fsp3) is 0.652. The van der Waals surface area contributed by atoms with Crippen molar-refractivity contribution in [3.8, 4) is 0 Å². The normalized spacial score (nSPS) is 22.5. The number of alkyl halides is 6. The van der Waals surface area contributed by atoms with Crippen molar-refractivity contribution in [3.05, 3.63) is 34.9 Å². The number of carboxylic acid groups (broad SMARTS) is 2. The van der Waals surface area contributed by atoms with Crippen molar-refractivity contribution in [3.63, 3.8) is 0 Å². The lowest BCUT2D eigenvalue weighted by atomic mass is 9.89. The molecule has 1 spiro atoms. The summed E-state index contributed by atoms with van der Waals surface area (Å²) < 4.78 is 69.7. The second kappa shape index (κ2) is 12.7. The van der Waals surface area contributed by atoms with Crippen molar-refractivity contribution >= 4 is 11.9 Å². The van der Waals surface area contributed by atoms with E-state index in [0.29, 0.717) is 6.04 Å². The summed E-state index contributed by atoms with van der Waals surface area (Å²) in [5.41, 5.74) is 4.28. The van der Waals surface area contributed by atoms with Crippen LogP contribution in [0.4, 0.5) is 26.3 Å². The summed E-state index contributed by atoms with van der Waals surface area (Å²) in [7, 11) is 4.40. The molecule has 2 heterocycles. The molecule has 36 heavy (non-hydrogen) atoms. The fourth-order valence-corrected chi connectivity index (χ4v) is 4.21. The van der Waals surface area contributed by atoms with Crippen molar-refractivity contribution in [2.45, 2.75) is 63.7 Å². The SMILES string of the molecule is Cc1cc(C)cc(CN2CC[C@@]3(C[C@H](N(C)C)CCO3)C2)c1.O=C(O)C(F)(F)F.O=C(O)C(F)(F)F. The van der Waals surface area contributed by atoms with Crippen LogP contribution in [0, 0.1) is 13.8 Å². The monoisotopic (exact) mass is 530 g/mol. The molecule has 2 aliphatic rings. The van der Waals surface area contributed by atoms with Gasteiger partial charge in [-0.2, -0.15) is 26.3 Å². The van der Waals surface area contributed by atoms with Crippen LogP contribution in [0.15, 0.2) is 18.2 Å². The van der Waals surface area contributed by atoms with Gasteiger partial charge in [0.15, 0.2) is 0 Å². The topological polar surface area (TPSA) is 90.3 Å². The van der Waals surface area contributed by atoms with E-state index in [9.17, 15) is 26.3 Å². The number of rotatable bonds is 3. The average Bonchev–Trinajstić information content (AvgIpc) is 3.08. The van der Waals surface area contributed by atoms with E-state index in [1.165, 1.54) is 36.0 Å². The van der Waals surface area contributed by atoms with Crippen LogP contribution in [-0.4, -0.2) is 89.7 Å². The van der Waals surface area contributed by atoms with Gasteiger partial charge in [-0.1, -0.05) is 29.3 Å². The number of carboxylic acids is 2. The molecule has 2 N–H and O–H groups in total. The molecule has 13 heteroatoms. The number of carbonyl (C=O) groups is 2. The summed E-state index contributed by atoms with van der Waals surface area (Å²) in [5.74, 6) is -5.51. The number of likely N-dealkylation sites (tertiary alicyclic amines) is 1. The summed E-state index contributed by atoms with van der Waals surface area (Å²) >= 11 is 0. The van der Waals surface area contributed by atoms with Gasteiger partial charge in [0.2, 0.25) is 0 Å². The zero-order valence-corrected chi connectivity index (χ0v) is 20.5. The molecular weight excluding hydrogens is 498 g/mol. The van der Waals surface area contributed by atoms with Crippen LogP contribution in [0.3, 0.4) is 0 Å². The maximum Gasteiger partial charge on any atom is 0.490 e. The Labute approximate surface area is 205 Å². The van der Waals surface area contributed by atoms with Crippen LogP contribution >= 0.6 is 0 Å². The summed E-state index contributed by atoms with van der Waals surface area (Å²) in [6.07, 6.45) is -6.63. The Morgan fingerprint density at radius 1 is 1.03 bits per heavy atom. The Bertz CT molecular complexity index is 846. The van der Waals surface area contributed by atoms with Gasteiger partial charge in [-0.05, 0) is 52.8 Å². The molecule has 2 fully saturated rings. The van der Waals surface area contributed by atoms with Crippen LogP contribution in [0.1, 0.15) is 36.0 Å². The predicted molar refractivity (Wildman–Crippen MR) is 119 cm³/mol. The molecule has 2 atom stereocenters. The van der Waals surface area contributed by atoms with E-state index in [1.54, 1.807) is 0 Å². The van der Waals surface area contributed by atoms with E-state index in [1.807, 2.05) is 0 Å². The quantitative estimate of drug-likeness (QED) is 0.565. The Balaban J connectivity index is 0.000000383. The van der Waals surface area contributed by atoms with E-state index in [-0.39, 0.29) is 5.60 Å². The smallest absolute Gasteiger partial charge is 0.475 e. The van der Waals surface area contributed by atoms with Gasteiger partial charge in [0.05, 0.1) is 5.60 Å². The van der Waals surface area contributed by atoms with Gasteiger partial charge in [0.25, 0.3) is 0 Å². The molecular formula is C23H32F6N2O5. The van der Waals surface area contributed by atoms with E-state index in [4.69, 9.17) is 24.5 Å². The van der Waals surface area contributed by atoms with Crippen LogP contribution in [-0.2, 0) is 20.9 Å². The molecule has 0 saturated carbocycles. The molecule has 0 aromatic heterocycles. The molecule has 0 unspecified atom stereocenters. The van der Waals surface area contributed by atoms with Crippen LogP contribution in [0.2, 0.25) is 0 Å². The summed E-state index contributed by atoms with van der Waals surface area (Å²) in [4.78, 5) is 22.7. The minimum atomic E-state index is -5.08. The van der Waals surface area contributed by atoms with E-state index in [2.05, 4.69) is 55.9 Å². The molecule has 0 amide bonds. The van der Waals surface area contributed by atoms with Crippen molar-refractivity contribution in [1.82, 2.24) is 9.80 Å². The molecule has 7 nitrogen and oxygen atoms in total. The van der Waals surface area contributed by atoms with Gasteiger partial charge in [-0.3, -0.25) is 4.90 Å². The molecule has 1 aromatic carbocycles. The maximum atomic E-state index is 10.6. The minimum Gasteiger partial charge on any atom is -0.475 e. The van der Waals surface area contributed by atoms with Crippen LogP contribution in [0.25, 0.3) is 0 Å². The maximum absolute atomic E-state index is 10.6. The van der Waals surface area contributed by atoms with Gasteiger partial charge < -0.3 is 19.8 Å². The first-order valence-electron chi connectivity index (χ1n) is 11.0. The molecule has 0 radical (unpaired) electrons. The standard InChI is InChI=1S/C19H30N2O.2C2HF3O2/c1-15-9-16(2)11-17(10-15)13-21-7-6-19(14-21)12-18(20(3)4)5-8-22-19;2*3-2(4,5)1(6)7/h9-11,18H,5-8,12-14H2,1-4H3;2*(H,6,7)/t18-,19-;;/m1../s1. The van der Waals surface area contributed by atoms with E-state index < -0.39 is 24.3 Å². The Morgan fingerprint density at radius 2 is 1.50 bits per heavy atom. The zero-order valence-electron chi connectivity index (χ0n) is 20.5. The predicted octanol–water partition coefficient (Wildman–Crippen LogP) is 4.26. The number of ether oxygens (including phenoxy) is 1. The first kappa shape index (κ1) is 31.6. The lowest BCUT2D eigenvalue weighted by Crippen LogP contribution is -2.48. The lowest BCUT2D eigenvalue weighted by molar-refractivity contribution is -0.193. The molecule has 1 aromatic rings. The second-order valence-electron chi connectivity index (χ2n) is 9.20. The number of nitrogens with zero attached hydrogens (tertiary/aromatic N) is 2. The Morgan fingerprint density at radius 3 is 1.92 bits per heavy atom. The summed E-state index contributed by atoms with van der Waals surface area (Å²) in [6, 6.07) is 7.57. The largest absolute Gasteiger partial charge is 0.490 e. The first-order chi connectivity index (χ1) is 16.3. The third-order valence-corrected chi connectivity index (χ3v) is 5.77. The molecule has 0 aliphatic carbocycles. The van der Waals surface area contributed by atoms with Gasteiger partial charge in [-0.15, -0.1) is 0 Å². The molecule has 2 saturated heterocycles. The van der Waals surface area contributed by atoms with Gasteiger partial charge >= 0.3 is 24.3 Å². The Kier molecular flexibility index (Phi) is 11.2. The second-order valence-corrected chi connectivity index (χ2v) is 9.20. The molecule has 2 aliphatic heterocycles. The molecule has 0 bridgehead atoms. The van der Waals surface area contributed by atoms with Crippen molar-refractivity contribution in [2.75, 3.05) is 33.8 Å². The highest BCUT2D eigenvalue weighted by molar-refractivity contribution is 5.73. The highest BCUT2D eigenvalue weighted by Crippen LogP contribution is 2.36. The molecule has 3 rings (SSSR count). The zero-order chi connectivity index (χ0) is 27.9. The minimum absolute atomic E-state index is 0.103. The van der Waals surface area contributed by atoms with Gasteiger partial charge in [0.1, 0.15) is 0 Å². The summed E-state index contributed by atoms with van der Waals surface area (Å²) in [5, 5.41) is 14.2. The van der Waals surface area contributed by atoms with Gasteiger partial charge in [0, 0.05) is 32.3 Å². The highest BCUT2D eigenvalue weighted by atomic mass is 19.4. The number of aryl methyl sites for hydroxylation is 2. The van der Waals surface area contributed by atoms with E-state index in [0.717, 1.165) is 26.2 Å². The van der Waals surface area contributed by atoms with Crippen LogP contribution < -0.4 is 0 Å². The Hall–Kier alpha value is -2.38. The number of halogens is 6. The third-order valence-electron chi connectivity index (χ3n) is 5.77. The average molecular weight is 531 g/mol. The number of benzene rings is 1. The number of hydrogen-bond acceptors (Lipinski definition) is 5. The lowest BCUT2D eigenvalue weighted by Gasteiger charge is -2.40. The van der Waals surface area contributed by atoms with Crippen molar-refractivity contribution in [2.24, 2.45) is 0 Å². The third kappa shape index (κ3) is 10.7. The van der Waals surface area contributed by atoms with Crippen molar-refractivity contribution in [1.29, 1.82) is 0 Å². The molecule has 206 valence electrons. The first-order valence-corrected chi connectivity index (χ1v) is 11.0. The van der Waals surface area contributed by atoms with Crippen molar-refractivity contribution < 1.29 is 50.9 Å². The van der Waals surface area contributed by atoms with Crippen LogP contribution in [0.5, 0.6) is 0 Å². The highest BCUT2D eigenvalue weighted by Gasteiger charge is 2.43. The summed E-state index contributed by atoms with van der Waals surface area (Å²) in [6.45, 7) is 8.60. The van der Waals surface area contributed by atoms with E-state index >= 15 is 0 Å². The fourth-order valence-electron chi connectivity index (χ4n) is 4.21. The number of hydrogen-bond donors (Lipinski definition) is 2.